The van der Waals surface area contributed by atoms with Gasteiger partial charge in [-0.3, -0.25) is 14.3 Å². The highest BCUT2D eigenvalue weighted by atomic mass is 16.5. The zero-order chi connectivity index (χ0) is 27.5. The molecule has 3 aliphatic rings. The maximum atomic E-state index is 13.2. The first-order chi connectivity index (χ1) is 19.6. The summed E-state index contributed by atoms with van der Waals surface area (Å²) in [6, 6.07) is 7.65. The van der Waals surface area contributed by atoms with Gasteiger partial charge in [-0.1, -0.05) is 0 Å². The number of hydrogen-bond acceptors (Lipinski definition) is 10. The van der Waals surface area contributed by atoms with E-state index in [4.69, 9.17) is 24.9 Å². The van der Waals surface area contributed by atoms with E-state index >= 15 is 0 Å². The van der Waals surface area contributed by atoms with Crippen LogP contribution in [0.2, 0.25) is 0 Å². The summed E-state index contributed by atoms with van der Waals surface area (Å²) < 4.78 is 19.3. The molecular formula is C28H36N8O4. The third kappa shape index (κ3) is 5.47. The molecule has 2 fully saturated rings. The Morgan fingerprint density at radius 1 is 1.20 bits per heavy atom. The highest BCUT2D eigenvalue weighted by molar-refractivity contribution is 5.96. The van der Waals surface area contributed by atoms with E-state index in [1.807, 2.05) is 22.8 Å². The first-order valence-corrected chi connectivity index (χ1v) is 13.9. The molecule has 1 atom stereocenters. The highest BCUT2D eigenvalue weighted by Crippen LogP contribution is 2.37. The Balaban J connectivity index is 1.25. The summed E-state index contributed by atoms with van der Waals surface area (Å²) in [5.74, 6) is 2.41. The van der Waals surface area contributed by atoms with E-state index in [9.17, 15) is 4.79 Å². The lowest BCUT2D eigenvalue weighted by Gasteiger charge is -2.26. The van der Waals surface area contributed by atoms with Gasteiger partial charge in [0.1, 0.15) is 17.2 Å². The van der Waals surface area contributed by atoms with Crippen LogP contribution >= 0.6 is 0 Å². The van der Waals surface area contributed by atoms with Gasteiger partial charge in [-0.15, -0.1) is 0 Å². The van der Waals surface area contributed by atoms with Crippen LogP contribution in [0.1, 0.15) is 23.2 Å². The number of benzene rings is 1. The molecule has 1 aromatic carbocycles. The van der Waals surface area contributed by atoms with Gasteiger partial charge >= 0.3 is 0 Å². The highest BCUT2D eigenvalue weighted by Gasteiger charge is 2.22. The average molecular weight is 549 g/mol. The van der Waals surface area contributed by atoms with Crippen molar-refractivity contribution in [2.75, 3.05) is 76.4 Å². The Kier molecular flexibility index (Phi) is 7.80. The van der Waals surface area contributed by atoms with E-state index in [1.54, 1.807) is 19.4 Å². The second-order valence-corrected chi connectivity index (χ2v) is 10.3. The zero-order valence-corrected chi connectivity index (χ0v) is 22.8. The topological polar surface area (TPSA) is 132 Å². The quantitative estimate of drug-likeness (QED) is 0.396. The number of nitrogens with one attached hydrogen (secondary N) is 1. The third-order valence-electron chi connectivity index (χ3n) is 7.63. The van der Waals surface area contributed by atoms with Crippen molar-refractivity contribution >= 4 is 28.4 Å². The molecule has 212 valence electrons. The van der Waals surface area contributed by atoms with Crippen LogP contribution in [0, 0.1) is 0 Å². The number of morpholine rings is 1. The van der Waals surface area contributed by atoms with Crippen LogP contribution < -0.4 is 31.0 Å². The van der Waals surface area contributed by atoms with Crippen LogP contribution in [0.5, 0.6) is 11.5 Å². The fourth-order valence-electron chi connectivity index (χ4n) is 5.49. The molecule has 12 nitrogen and oxygen atoms in total. The van der Waals surface area contributed by atoms with Crippen LogP contribution in [0.15, 0.2) is 35.5 Å². The predicted molar refractivity (Wildman–Crippen MR) is 151 cm³/mol. The van der Waals surface area contributed by atoms with E-state index in [0.29, 0.717) is 47.9 Å². The molecule has 0 bridgehead atoms. The smallest absolute Gasteiger partial charge is 0.281 e. The minimum absolute atomic E-state index is 0.155. The maximum Gasteiger partial charge on any atom is 0.281 e. The van der Waals surface area contributed by atoms with Crippen molar-refractivity contribution in [3.63, 3.8) is 0 Å². The standard InChI is InChI=1S/C28H36N8O4/c1-38-25-22(40-14-2-9-34-12-15-39-16-13-34)5-4-21-24(25)32-28(36-11-8-30-26(21)36)33-27(37)19-3-6-23(31-17-19)35-10-7-20(29)18-35/h3-6,17,20,30H,2,7-16,18,29H2,1H3/t20-/m1/s1. The molecule has 1 amide bonds. The normalized spacial score (nSPS) is 19.6. The minimum Gasteiger partial charge on any atom is -0.491 e. The Bertz CT molecular complexity index is 1430. The molecule has 5 heterocycles. The van der Waals surface area contributed by atoms with Crippen molar-refractivity contribution in [1.29, 1.82) is 0 Å². The van der Waals surface area contributed by atoms with Gasteiger partial charge in [0.15, 0.2) is 11.5 Å². The number of pyridine rings is 1. The van der Waals surface area contributed by atoms with Gasteiger partial charge in [-0.25, -0.2) is 9.97 Å². The summed E-state index contributed by atoms with van der Waals surface area (Å²) in [5, 5.41) is 4.30. The second kappa shape index (κ2) is 11.8. The fourth-order valence-corrected chi connectivity index (χ4v) is 5.49. The lowest BCUT2D eigenvalue weighted by atomic mass is 10.2. The largest absolute Gasteiger partial charge is 0.491 e. The van der Waals surface area contributed by atoms with Crippen LogP contribution in [-0.2, 0) is 11.3 Å². The molecule has 6 rings (SSSR count). The van der Waals surface area contributed by atoms with Gasteiger partial charge in [0.05, 0.1) is 32.5 Å². The lowest BCUT2D eigenvalue weighted by Crippen LogP contribution is -2.37. The molecular weight excluding hydrogens is 512 g/mol. The Hall–Kier alpha value is -3.74. The number of aromatic nitrogens is 3. The number of carbonyl (C=O) groups is 1. The predicted octanol–water partition coefficient (Wildman–Crippen LogP) is 1.25. The summed E-state index contributed by atoms with van der Waals surface area (Å²) in [6.07, 6.45) is 3.40. The summed E-state index contributed by atoms with van der Waals surface area (Å²) in [5.41, 5.74) is 7.34. The molecule has 3 aromatic rings. The lowest BCUT2D eigenvalue weighted by molar-refractivity contribution is 0.0357. The molecule has 3 N–H and O–H groups in total. The molecule has 0 spiro atoms. The summed E-state index contributed by atoms with van der Waals surface area (Å²) in [7, 11) is 1.60. The number of nitrogens with two attached hydrogens (primary N) is 1. The van der Waals surface area contributed by atoms with Crippen molar-refractivity contribution < 1.29 is 19.0 Å². The van der Waals surface area contributed by atoms with Gasteiger partial charge in [0, 0.05) is 63.4 Å². The maximum absolute atomic E-state index is 13.2. The molecule has 0 unspecified atom stereocenters. The second-order valence-electron chi connectivity index (χ2n) is 10.3. The van der Waals surface area contributed by atoms with Gasteiger partial charge in [-0.2, -0.15) is 4.99 Å². The number of anilines is 2. The van der Waals surface area contributed by atoms with Crippen molar-refractivity contribution in [3.05, 3.63) is 41.6 Å². The Morgan fingerprint density at radius 3 is 2.83 bits per heavy atom. The van der Waals surface area contributed by atoms with E-state index in [1.165, 1.54) is 0 Å². The minimum atomic E-state index is -0.403. The van der Waals surface area contributed by atoms with Crippen molar-refractivity contribution in [1.82, 2.24) is 19.4 Å². The molecule has 0 radical (unpaired) electrons. The number of carbonyl (C=O) groups excluding carboxylic acids is 1. The first kappa shape index (κ1) is 26.5. The summed E-state index contributed by atoms with van der Waals surface area (Å²) >= 11 is 0. The number of amides is 1. The molecule has 0 saturated carbocycles. The Morgan fingerprint density at radius 2 is 2.08 bits per heavy atom. The van der Waals surface area contributed by atoms with Gasteiger partial charge in [-0.05, 0) is 37.1 Å². The van der Waals surface area contributed by atoms with Crippen molar-refractivity contribution in [2.24, 2.45) is 10.7 Å². The number of hydrogen-bond donors (Lipinski definition) is 2. The fraction of sp³-hybridized carbons (Fsp3) is 0.500. The van der Waals surface area contributed by atoms with Gasteiger partial charge < -0.3 is 30.2 Å². The van der Waals surface area contributed by atoms with E-state index in [2.05, 4.69) is 25.1 Å². The summed E-state index contributed by atoms with van der Waals surface area (Å²) in [6.45, 7) is 7.99. The number of methoxy groups -OCH3 is 1. The Labute approximate surface area is 232 Å². The van der Waals surface area contributed by atoms with Crippen LogP contribution in [0.4, 0.5) is 11.6 Å². The van der Waals surface area contributed by atoms with Gasteiger partial charge in [0.2, 0.25) is 5.62 Å². The molecule has 40 heavy (non-hydrogen) atoms. The number of nitrogens with zero attached hydrogens (tertiary/aromatic N) is 6. The molecule has 2 saturated heterocycles. The summed E-state index contributed by atoms with van der Waals surface area (Å²) in [4.78, 5) is 31.4. The molecule has 2 aromatic heterocycles. The zero-order valence-electron chi connectivity index (χ0n) is 22.8. The van der Waals surface area contributed by atoms with E-state index in [0.717, 1.165) is 75.8 Å². The molecule has 12 heteroatoms. The van der Waals surface area contributed by atoms with Gasteiger partial charge in [0.25, 0.3) is 5.91 Å². The first-order valence-electron chi connectivity index (χ1n) is 13.9. The average Bonchev–Trinajstić information content (AvgIpc) is 3.66. The monoisotopic (exact) mass is 548 g/mol. The number of fused-ring (bicyclic) bond motifs is 3. The van der Waals surface area contributed by atoms with Crippen molar-refractivity contribution in [3.8, 4) is 11.5 Å². The number of rotatable bonds is 8. The molecule has 3 aliphatic heterocycles. The van der Waals surface area contributed by atoms with Crippen LogP contribution in [0.3, 0.4) is 0 Å². The molecule has 0 aliphatic carbocycles. The van der Waals surface area contributed by atoms with Crippen LogP contribution in [0.25, 0.3) is 10.9 Å². The SMILES string of the molecule is COc1c(OCCCN2CCOCC2)ccc2c3n(c(=NC(=O)c4ccc(N5CC[C@@H](N)C5)nc4)nc12)CCN3. The van der Waals surface area contributed by atoms with E-state index < -0.39 is 5.91 Å². The third-order valence-corrected chi connectivity index (χ3v) is 7.63. The number of ether oxygens (including phenoxy) is 3. The van der Waals surface area contributed by atoms with E-state index in [-0.39, 0.29) is 6.04 Å². The van der Waals surface area contributed by atoms with Crippen LogP contribution in [-0.4, -0.2) is 97.6 Å². The van der Waals surface area contributed by atoms with Crippen molar-refractivity contribution in [2.45, 2.75) is 25.4 Å².